The smallest absolute Gasteiger partial charge is 0.145 e. The lowest BCUT2D eigenvalue weighted by atomic mass is 9.98. The highest BCUT2D eigenvalue weighted by molar-refractivity contribution is 6.30. The Labute approximate surface area is 242 Å². The van der Waals surface area contributed by atoms with Gasteiger partial charge in [-0.2, -0.15) is 0 Å². The molecule has 42 heavy (non-hydrogen) atoms. The molecule has 0 spiro atoms. The zero-order chi connectivity index (χ0) is 27.6. The second-order valence-corrected chi connectivity index (χ2v) is 10.8. The van der Waals surface area contributed by atoms with Crippen molar-refractivity contribution in [3.63, 3.8) is 0 Å². The van der Waals surface area contributed by atoms with Gasteiger partial charge in [0.25, 0.3) is 0 Å². The zero-order valence-corrected chi connectivity index (χ0v) is 22.6. The van der Waals surface area contributed by atoms with Crippen molar-refractivity contribution in [1.82, 2.24) is 9.38 Å². The topological polar surface area (TPSA) is 44.9 Å². The molecule has 8 bridgehead atoms. The predicted molar refractivity (Wildman–Crippen MR) is 169 cm³/mol. The van der Waals surface area contributed by atoms with Crippen LogP contribution < -0.4 is 16.2 Å². The molecule has 6 aromatic rings. The molecule has 0 radical (unpaired) electrons. The number of benzene rings is 3. The van der Waals surface area contributed by atoms with Gasteiger partial charge in [-0.3, -0.25) is 0 Å². The van der Waals surface area contributed by atoms with Crippen LogP contribution in [0.4, 0.5) is 0 Å². The van der Waals surface area contributed by atoms with Crippen molar-refractivity contribution < 1.29 is 0 Å². The lowest BCUT2D eigenvalue weighted by Crippen LogP contribution is -2.19. The maximum absolute atomic E-state index is 5.30. The Hall–Kier alpha value is -5.74. The number of rotatable bonds is 3. The highest BCUT2D eigenvalue weighted by Gasteiger charge is 2.23. The molecule has 0 saturated heterocycles. The van der Waals surface area contributed by atoms with Gasteiger partial charge in [0.05, 0.1) is 17.1 Å². The van der Waals surface area contributed by atoms with E-state index in [1.807, 2.05) is 0 Å². The molecule has 3 aromatic carbocycles. The second kappa shape index (κ2) is 8.88. The molecular formula is C38H24N4. The van der Waals surface area contributed by atoms with Crippen molar-refractivity contribution >= 4 is 34.0 Å². The van der Waals surface area contributed by atoms with Gasteiger partial charge in [0, 0.05) is 50.3 Å². The zero-order valence-electron chi connectivity index (χ0n) is 22.6. The summed E-state index contributed by atoms with van der Waals surface area (Å²) >= 11 is 0. The first-order chi connectivity index (χ1) is 20.8. The van der Waals surface area contributed by atoms with Crippen LogP contribution in [0.25, 0.3) is 28.3 Å². The van der Waals surface area contributed by atoms with Crippen molar-refractivity contribution in [3.8, 4) is 0 Å². The third-order valence-corrected chi connectivity index (χ3v) is 8.27. The summed E-state index contributed by atoms with van der Waals surface area (Å²) in [5.74, 6) is 0. The fourth-order valence-electron chi connectivity index (χ4n) is 6.41. The van der Waals surface area contributed by atoms with E-state index in [1.54, 1.807) is 0 Å². The first-order valence-corrected chi connectivity index (χ1v) is 14.2. The summed E-state index contributed by atoms with van der Waals surface area (Å²) in [5.41, 5.74) is 13.8. The van der Waals surface area contributed by atoms with Crippen molar-refractivity contribution in [2.75, 3.05) is 0 Å². The van der Waals surface area contributed by atoms with E-state index in [0.29, 0.717) is 0 Å². The number of hydrogen-bond donors (Lipinski definition) is 1. The summed E-state index contributed by atoms with van der Waals surface area (Å²) in [4.78, 5) is 14.3. The third kappa shape index (κ3) is 3.49. The van der Waals surface area contributed by atoms with Crippen LogP contribution in [0.2, 0.25) is 0 Å². The normalized spacial score (nSPS) is 15.3. The Morgan fingerprint density at radius 3 is 1.86 bits per heavy atom. The van der Waals surface area contributed by atoms with Gasteiger partial charge in [0.1, 0.15) is 5.49 Å². The number of nitrogens with zero attached hydrogens (tertiary/aromatic N) is 3. The highest BCUT2D eigenvalue weighted by atomic mass is 15.0. The van der Waals surface area contributed by atoms with Crippen molar-refractivity contribution in [1.29, 1.82) is 0 Å². The van der Waals surface area contributed by atoms with Gasteiger partial charge < -0.3 is 9.38 Å². The van der Waals surface area contributed by atoms with Crippen molar-refractivity contribution in [3.05, 3.63) is 189 Å². The van der Waals surface area contributed by atoms with E-state index in [2.05, 4.69) is 149 Å². The first kappa shape index (κ1) is 23.0. The Balaban J connectivity index is 1.43. The monoisotopic (exact) mass is 536 g/mol. The molecule has 9 rings (SSSR count). The summed E-state index contributed by atoms with van der Waals surface area (Å²) in [6.07, 6.45) is 8.72. The molecule has 0 fully saturated rings. The van der Waals surface area contributed by atoms with Gasteiger partial charge in [-0.1, -0.05) is 91.0 Å². The lowest BCUT2D eigenvalue weighted by molar-refractivity contribution is 1.08. The Bertz CT molecular complexity index is 2360. The van der Waals surface area contributed by atoms with E-state index in [4.69, 9.17) is 9.98 Å². The van der Waals surface area contributed by atoms with Gasteiger partial charge in [0.15, 0.2) is 0 Å². The van der Waals surface area contributed by atoms with Crippen LogP contribution in [0.3, 0.4) is 0 Å². The summed E-state index contributed by atoms with van der Waals surface area (Å²) in [7, 11) is 0. The molecule has 3 aromatic heterocycles. The fraction of sp³-hybridized carbons (Fsp3) is 0. The molecule has 3 aliphatic heterocycles. The average Bonchev–Trinajstić information content (AvgIpc) is 3.86. The Kier molecular flexibility index (Phi) is 4.87. The van der Waals surface area contributed by atoms with Crippen LogP contribution >= 0.6 is 0 Å². The van der Waals surface area contributed by atoms with E-state index < -0.39 is 0 Å². The third-order valence-electron chi connectivity index (χ3n) is 8.27. The van der Waals surface area contributed by atoms with Crippen LogP contribution in [-0.4, -0.2) is 15.1 Å². The quantitative estimate of drug-likeness (QED) is 0.295. The standard InChI is InChI=1S/C38H24N4/c1-4-10-24(11-5-1)35-28-21-29-20-27-22-34(41-38(27)42(29)23-28)37(26-14-8-3-9-15-26)33-19-18-32(40-33)36(25-12-6-2-7-13-25)31-17-16-30(35)39-31/h1-23,40H. The molecule has 0 aliphatic carbocycles. The van der Waals surface area contributed by atoms with Crippen LogP contribution in [0.1, 0.15) is 27.8 Å². The molecule has 0 amide bonds. The van der Waals surface area contributed by atoms with Gasteiger partial charge in [-0.05, 0) is 59.2 Å². The molecule has 196 valence electrons. The molecule has 1 N–H and O–H groups in total. The molecule has 4 nitrogen and oxygen atoms in total. The number of fused-ring (bicyclic) bond motifs is 5. The molecular weight excluding hydrogens is 512 g/mol. The summed E-state index contributed by atoms with van der Waals surface area (Å²) in [5, 5.41) is 2.04. The van der Waals surface area contributed by atoms with E-state index in [-0.39, 0.29) is 0 Å². The van der Waals surface area contributed by atoms with Crippen molar-refractivity contribution in [2.24, 2.45) is 9.98 Å². The number of aromatic amines is 1. The number of hydrogen-bond acceptors (Lipinski definition) is 2. The van der Waals surface area contributed by atoms with Crippen LogP contribution in [0.15, 0.2) is 155 Å². The number of allylic oxidation sites excluding steroid dienone is 3. The lowest BCUT2D eigenvalue weighted by Gasteiger charge is -2.09. The molecule has 3 aliphatic rings. The summed E-state index contributed by atoms with van der Waals surface area (Å²) in [6, 6.07) is 40.4. The van der Waals surface area contributed by atoms with Crippen LogP contribution in [0.5, 0.6) is 0 Å². The van der Waals surface area contributed by atoms with Crippen LogP contribution in [0, 0.1) is 0 Å². The summed E-state index contributed by atoms with van der Waals surface area (Å²) < 4.78 is 2.21. The minimum absolute atomic E-state index is 0.933. The number of aliphatic imine (C=N–C) groups is 1. The second-order valence-electron chi connectivity index (χ2n) is 10.8. The Morgan fingerprint density at radius 1 is 0.548 bits per heavy atom. The molecule has 0 atom stereocenters. The van der Waals surface area contributed by atoms with Gasteiger partial charge >= 0.3 is 0 Å². The van der Waals surface area contributed by atoms with Crippen molar-refractivity contribution in [2.45, 2.75) is 0 Å². The largest absolute Gasteiger partial charge is 0.354 e. The first-order valence-electron chi connectivity index (χ1n) is 14.2. The van der Waals surface area contributed by atoms with Gasteiger partial charge in [-0.25, -0.2) is 9.98 Å². The highest BCUT2D eigenvalue weighted by Crippen LogP contribution is 2.34. The maximum Gasteiger partial charge on any atom is 0.145 e. The maximum atomic E-state index is 5.30. The average molecular weight is 537 g/mol. The summed E-state index contributed by atoms with van der Waals surface area (Å²) in [6.45, 7) is 0. The van der Waals surface area contributed by atoms with Gasteiger partial charge in [-0.15, -0.1) is 0 Å². The van der Waals surface area contributed by atoms with E-state index in [0.717, 1.165) is 83.3 Å². The predicted octanol–water partition coefficient (Wildman–Crippen LogP) is 5.84. The van der Waals surface area contributed by atoms with Crippen LogP contribution in [-0.2, 0) is 0 Å². The minimum Gasteiger partial charge on any atom is -0.354 e. The molecule has 6 heterocycles. The van der Waals surface area contributed by atoms with E-state index in [9.17, 15) is 0 Å². The SMILES string of the molecule is C1=CC2=C(c3ccccc3)c3cc4cc5c(n4c3)=NC(=C5)C(c3ccccc3)=c3ccc([nH]3)=C(c3ccccc3)C1=N2. The molecule has 0 saturated carbocycles. The van der Waals surface area contributed by atoms with E-state index in [1.165, 1.54) is 0 Å². The van der Waals surface area contributed by atoms with E-state index >= 15 is 0 Å². The minimum atomic E-state index is 0.933. The number of nitrogens with one attached hydrogen (secondary N) is 1. The fourth-order valence-corrected chi connectivity index (χ4v) is 6.41. The molecule has 4 heteroatoms. The molecule has 0 unspecified atom stereocenters. The Morgan fingerprint density at radius 2 is 1.17 bits per heavy atom. The van der Waals surface area contributed by atoms with Gasteiger partial charge in [0.2, 0.25) is 0 Å². The number of aromatic nitrogens is 2. The number of H-pyrrole nitrogens is 1.